The lowest BCUT2D eigenvalue weighted by molar-refractivity contribution is -0.143. The Hall–Kier alpha value is -4.73. The van der Waals surface area contributed by atoms with Gasteiger partial charge in [0.1, 0.15) is 18.3 Å². The van der Waals surface area contributed by atoms with Crippen LogP contribution < -0.4 is 21.2 Å². The number of methoxy groups -OCH3 is 1. The zero-order valence-corrected chi connectivity index (χ0v) is 41.7. The van der Waals surface area contributed by atoms with E-state index in [1.54, 1.807) is 6.92 Å². The van der Waals surface area contributed by atoms with Gasteiger partial charge in [-0.1, -0.05) is 99.0 Å². The molecule has 0 amide bonds. The van der Waals surface area contributed by atoms with Crippen LogP contribution in [0.25, 0.3) is 29.6 Å². The molecule has 0 unspecified atom stereocenters. The number of aliphatic hydroxyl groups is 1. The first-order chi connectivity index (χ1) is 30.9. The lowest BCUT2D eigenvalue weighted by Crippen LogP contribution is -2.38. The molecule has 356 valence electrons. The standard InChI is InChI=1S/C55H80N4O6/c1-13-39-34(7)41-29-46-48(38(11)60)36(9)43(57-46)27-42-35(8)40(52(58-42)50-51(55(63)64-12)54(62)49-37(10)44(59-53(49)50)28-45(39)56-41)23-24-47(61)65-26-25-33(6)22-16-21-32(5)20-15-19-31(4)18-14-17-30(2)3/h25,27-32,34-35,39-40,51-52,56-59,62H,13-24,26H2,1-12H3/b33-25+,41-29-,42-27+,45-28-/t31-,32-,34-,35+,39-,40+,51-,52-/m1/s1. The molecule has 10 nitrogen and oxygen atoms in total. The highest BCUT2D eigenvalue weighted by Crippen LogP contribution is 2.43. The number of carbonyl (C=O) groups excluding carboxylic acids is 3. The molecule has 3 aliphatic heterocycles. The molecule has 5 N–H and O–H groups in total. The Morgan fingerprint density at radius 1 is 0.800 bits per heavy atom. The fraction of sp³-hybridized carbons (Fsp3) is 0.618. The summed E-state index contributed by atoms with van der Waals surface area (Å²) in [6.45, 7) is 23.9. The van der Waals surface area contributed by atoms with Gasteiger partial charge in [-0.15, -0.1) is 0 Å². The van der Waals surface area contributed by atoms with E-state index in [9.17, 15) is 19.5 Å². The molecule has 2 saturated heterocycles. The molecule has 6 rings (SSSR count). The summed E-state index contributed by atoms with van der Waals surface area (Å²) in [4.78, 5) is 47.6. The number of hydrogen-bond donors (Lipinski definition) is 5. The average molecular weight is 893 g/mol. The molecule has 0 aromatic carbocycles. The lowest BCUT2D eigenvalue weighted by atomic mass is 9.80. The summed E-state index contributed by atoms with van der Waals surface area (Å²) < 4.78 is 11.2. The molecule has 8 atom stereocenters. The van der Waals surface area contributed by atoms with E-state index < -0.39 is 17.9 Å². The highest BCUT2D eigenvalue weighted by atomic mass is 16.5. The Morgan fingerprint density at radius 2 is 1.43 bits per heavy atom. The smallest absolute Gasteiger partial charge is 0.320 e. The fourth-order valence-corrected chi connectivity index (χ4v) is 11.3. The minimum absolute atomic E-state index is 0.0169. The van der Waals surface area contributed by atoms with Crippen LogP contribution in [0.4, 0.5) is 0 Å². The number of esters is 2. The third kappa shape index (κ3) is 11.1. The van der Waals surface area contributed by atoms with E-state index in [0.29, 0.717) is 28.1 Å². The lowest BCUT2D eigenvalue weighted by Gasteiger charge is -2.26. The number of aromatic nitrogens is 2. The number of carbonyl (C=O) groups is 3. The van der Waals surface area contributed by atoms with Crippen molar-refractivity contribution in [3.63, 3.8) is 0 Å². The second-order valence-corrected chi connectivity index (χ2v) is 20.7. The van der Waals surface area contributed by atoms with Crippen LogP contribution in [0.2, 0.25) is 0 Å². The number of rotatable bonds is 20. The third-order valence-corrected chi connectivity index (χ3v) is 15.4. The highest BCUT2D eigenvalue weighted by Gasteiger charge is 2.47. The summed E-state index contributed by atoms with van der Waals surface area (Å²) in [5, 5.41) is 20.8. The molecule has 0 radical (unpaired) electrons. The van der Waals surface area contributed by atoms with Crippen molar-refractivity contribution in [1.29, 1.82) is 0 Å². The summed E-state index contributed by atoms with van der Waals surface area (Å²) in [5.74, 6) is 0.576. The zero-order chi connectivity index (χ0) is 47.3. The number of fused-ring (bicyclic) bond motifs is 8. The predicted octanol–water partition coefficient (Wildman–Crippen LogP) is 10.7. The Morgan fingerprint density at radius 3 is 2.08 bits per heavy atom. The van der Waals surface area contributed by atoms with Gasteiger partial charge in [0.05, 0.1) is 24.2 Å². The van der Waals surface area contributed by atoms with E-state index in [2.05, 4.69) is 94.2 Å². The molecular formula is C55H80N4O6. The quantitative estimate of drug-likeness (QED) is 0.0502. The Bertz CT molecular complexity index is 2340. The third-order valence-electron chi connectivity index (χ3n) is 15.4. The molecule has 1 aliphatic carbocycles. The van der Waals surface area contributed by atoms with Gasteiger partial charge < -0.3 is 35.2 Å². The fourth-order valence-electron chi connectivity index (χ4n) is 11.3. The first kappa shape index (κ1) is 49.7. The van der Waals surface area contributed by atoms with E-state index in [1.165, 1.54) is 57.6 Å². The van der Waals surface area contributed by atoms with Crippen LogP contribution in [0.1, 0.15) is 178 Å². The van der Waals surface area contributed by atoms with Gasteiger partial charge in [0.2, 0.25) is 0 Å². The van der Waals surface area contributed by atoms with Crippen molar-refractivity contribution in [2.45, 2.75) is 159 Å². The van der Waals surface area contributed by atoms with E-state index in [4.69, 9.17) is 9.47 Å². The maximum Gasteiger partial charge on any atom is 0.320 e. The maximum absolute atomic E-state index is 13.7. The molecule has 2 fully saturated rings. The molecule has 4 aliphatic rings. The topological polar surface area (TPSA) is 146 Å². The predicted molar refractivity (Wildman–Crippen MR) is 264 cm³/mol. The number of aliphatic hydroxyl groups excluding tert-OH is 1. The average Bonchev–Trinajstić information content (AvgIpc) is 4.00. The van der Waals surface area contributed by atoms with Crippen molar-refractivity contribution in [1.82, 2.24) is 20.6 Å². The van der Waals surface area contributed by atoms with E-state index in [0.717, 1.165) is 82.3 Å². The van der Waals surface area contributed by atoms with Gasteiger partial charge >= 0.3 is 11.9 Å². The monoisotopic (exact) mass is 893 g/mol. The number of aromatic amines is 2. The number of ether oxygens (including phenoxy) is 2. The first-order valence-corrected chi connectivity index (χ1v) is 24.9. The van der Waals surface area contributed by atoms with Crippen LogP contribution in [0.3, 0.4) is 0 Å². The van der Waals surface area contributed by atoms with Crippen molar-refractivity contribution >= 4 is 47.3 Å². The summed E-state index contributed by atoms with van der Waals surface area (Å²) in [5.41, 5.74) is 9.71. The van der Waals surface area contributed by atoms with Crippen molar-refractivity contribution in [2.24, 2.45) is 47.3 Å². The van der Waals surface area contributed by atoms with Crippen molar-refractivity contribution < 1.29 is 29.0 Å². The van der Waals surface area contributed by atoms with Gasteiger partial charge in [-0.05, 0) is 118 Å². The van der Waals surface area contributed by atoms with Crippen LogP contribution in [0, 0.1) is 61.2 Å². The second kappa shape index (κ2) is 21.7. The number of Topliss-reactive ketones (excluding diaryl/α,β-unsaturated/α-hetero) is 1. The number of allylic oxidation sites excluding steroid dienone is 4. The highest BCUT2D eigenvalue weighted by molar-refractivity contribution is 6.00. The Kier molecular flexibility index (Phi) is 16.6. The van der Waals surface area contributed by atoms with Crippen LogP contribution >= 0.6 is 0 Å². The number of H-pyrrole nitrogens is 2. The SMILES string of the molecule is CC[C@H]1/C2=C/c3[nH]c4c(c3C)=C(O)[C@H](C(=O)OC)C=4[C@@H]3N/C(=C/c4[nH]c(c(C(C)=O)c4C)/C=C(\N2)[C@@H]1C)[C@@H](C)[C@@H]3CCC(=O)OC/C=C(\C)CCC[C@H](C)CCC[C@H](C)CCCC(C)C. The van der Waals surface area contributed by atoms with Crippen molar-refractivity contribution in [3.8, 4) is 0 Å². The molecule has 2 aromatic heterocycles. The molecule has 0 spiro atoms. The van der Waals surface area contributed by atoms with E-state index >= 15 is 0 Å². The minimum Gasteiger partial charge on any atom is -0.510 e. The van der Waals surface area contributed by atoms with Gasteiger partial charge in [0, 0.05) is 63.4 Å². The molecule has 65 heavy (non-hydrogen) atoms. The van der Waals surface area contributed by atoms with Gasteiger partial charge in [-0.25, -0.2) is 0 Å². The number of nitrogens with one attached hydrogen (secondary N) is 4. The van der Waals surface area contributed by atoms with Gasteiger partial charge in [-0.2, -0.15) is 0 Å². The summed E-state index contributed by atoms with van der Waals surface area (Å²) in [6, 6.07) is -0.438. The zero-order valence-electron chi connectivity index (χ0n) is 41.7. The van der Waals surface area contributed by atoms with E-state index in [1.807, 2.05) is 19.9 Å². The molecular weight excluding hydrogens is 813 g/mol. The van der Waals surface area contributed by atoms with Crippen LogP contribution in [-0.2, 0) is 19.1 Å². The summed E-state index contributed by atoms with van der Waals surface area (Å²) >= 11 is 0. The van der Waals surface area contributed by atoms with Crippen molar-refractivity contribution in [3.05, 3.63) is 73.1 Å². The van der Waals surface area contributed by atoms with Crippen LogP contribution in [0.5, 0.6) is 0 Å². The number of hydrogen-bond acceptors (Lipinski definition) is 8. The summed E-state index contributed by atoms with van der Waals surface area (Å²) in [7, 11) is 1.35. The largest absolute Gasteiger partial charge is 0.510 e. The maximum atomic E-state index is 13.7. The Balaban J connectivity index is 1.21. The minimum atomic E-state index is -1.02. The first-order valence-electron chi connectivity index (χ1n) is 24.9. The second-order valence-electron chi connectivity index (χ2n) is 20.7. The van der Waals surface area contributed by atoms with Crippen LogP contribution in [-0.4, -0.2) is 52.6 Å². The molecule has 5 heterocycles. The van der Waals surface area contributed by atoms with Gasteiger partial charge in [-0.3, -0.25) is 14.4 Å². The molecule has 2 aromatic rings. The Labute approximate surface area is 389 Å². The number of ketones is 1. The van der Waals surface area contributed by atoms with Gasteiger partial charge in [0.15, 0.2) is 5.78 Å². The molecule has 8 bridgehead atoms. The molecule has 10 heteroatoms. The summed E-state index contributed by atoms with van der Waals surface area (Å²) in [6.07, 6.45) is 21.2. The van der Waals surface area contributed by atoms with Crippen LogP contribution in [0.15, 0.2) is 28.7 Å². The normalized spacial score (nSPS) is 25.9. The van der Waals surface area contributed by atoms with Crippen molar-refractivity contribution in [2.75, 3.05) is 13.7 Å². The molecule has 0 saturated carbocycles. The van der Waals surface area contributed by atoms with E-state index in [-0.39, 0.29) is 54.2 Å². The van der Waals surface area contributed by atoms with Gasteiger partial charge in [0.25, 0.3) is 0 Å².